The Morgan fingerprint density at radius 2 is 2.14 bits per heavy atom. The van der Waals surface area contributed by atoms with Crippen molar-refractivity contribution in [2.45, 2.75) is 20.4 Å². The van der Waals surface area contributed by atoms with E-state index in [2.05, 4.69) is 11.4 Å². The minimum atomic E-state index is -0.824. The summed E-state index contributed by atoms with van der Waals surface area (Å²) in [5, 5.41) is 11.3. The highest BCUT2D eigenvalue weighted by atomic mass is 16.4. The van der Waals surface area contributed by atoms with Gasteiger partial charge < -0.3 is 10.4 Å². The number of rotatable bonds is 4. The van der Waals surface area contributed by atoms with Gasteiger partial charge in [-0.15, -0.1) is 0 Å². The smallest absolute Gasteiger partial charge is 0.317 e. The molecular weight excluding hydrogens is 178 g/mol. The number of hydrogen-bond donors (Lipinski definition) is 2. The summed E-state index contributed by atoms with van der Waals surface area (Å²) >= 11 is 0. The van der Waals surface area contributed by atoms with Crippen LogP contribution < -0.4 is 5.32 Å². The first-order valence-corrected chi connectivity index (χ1v) is 4.58. The first kappa shape index (κ1) is 10.7. The fourth-order valence-electron chi connectivity index (χ4n) is 1.35. The average molecular weight is 193 g/mol. The van der Waals surface area contributed by atoms with Gasteiger partial charge in [-0.25, -0.2) is 0 Å². The van der Waals surface area contributed by atoms with Crippen LogP contribution in [0.1, 0.15) is 16.7 Å². The number of carbonyl (C=O) groups is 1. The topological polar surface area (TPSA) is 49.3 Å². The second-order valence-electron chi connectivity index (χ2n) is 3.43. The third-order valence-corrected chi connectivity index (χ3v) is 2.09. The summed E-state index contributed by atoms with van der Waals surface area (Å²) in [6.45, 7) is 4.69. The highest BCUT2D eigenvalue weighted by Crippen LogP contribution is 2.09. The fourth-order valence-corrected chi connectivity index (χ4v) is 1.35. The molecule has 0 saturated heterocycles. The van der Waals surface area contributed by atoms with E-state index in [4.69, 9.17) is 5.11 Å². The van der Waals surface area contributed by atoms with Gasteiger partial charge in [0.1, 0.15) is 0 Å². The highest BCUT2D eigenvalue weighted by Gasteiger charge is 1.99. The van der Waals surface area contributed by atoms with E-state index in [1.54, 1.807) is 0 Å². The third kappa shape index (κ3) is 3.18. The van der Waals surface area contributed by atoms with Crippen molar-refractivity contribution < 1.29 is 9.90 Å². The van der Waals surface area contributed by atoms with Crippen molar-refractivity contribution in [1.29, 1.82) is 0 Å². The largest absolute Gasteiger partial charge is 0.480 e. The van der Waals surface area contributed by atoms with Crippen molar-refractivity contribution in [2.75, 3.05) is 6.54 Å². The standard InChI is InChI=1S/C11H15NO2/c1-8-3-4-10(9(2)5-8)6-12-7-11(13)14/h3-5,12H,6-7H2,1-2H3,(H,13,14). The Balaban J connectivity index is 2.55. The second kappa shape index (κ2) is 4.77. The van der Waals surface area contributed by atoms with E-state index in [0.717, 1.165) is 5.56 Å². The van der Waals surface area contributed by atoms with Gasteiger partial charge in [-0.3, -0.25) is 4.79 Å². The fraction of sp³-hybridized carbons (Fsp3) is 0.364. The van der Waals surface area contributed by atoms with Gasteiger partial charge in [-0.05, 0) is 25.0 Å². The van der Waals surface area contributed by atoms with Crippen molar-refractivity contribution in [1.82, 2.24) is 5.32 Å². The number of aliphatic carboxylic acids is 1. The number of hydrogen-bond acceptors (Lipinski definition) is 2. The molecule has 0 unspecified atom stereocenters. The summed E-state index contributed by atoms with van der Waals surface area (Å²) in [5.74, 6) is -0.824. The molecule has 3 heteroatoms. The van der Waals surface area contributed by atoms with Crippen molar-refractivity contribution in [3.8, 4) is 0 Å². The van der Waals surface area contributed by atoms with Gasteiger partial charge in [-0.2, -0.15) is 0 Å². The Morgan fingerprint density at radius 3 is 2.71 bits per heavy atom. The van der Waals surface area contributed by atoms with E-state index in [1.807, 2.05) is 26.0 Å². The van der Waals surface area contributed by atoms with Crippen molar-refractivity contribution in [2.24, 2.45) is 0 Å². The molecule has 0 radical (unpaired) electrons. The zero-order valence-electron chi connectivity index (χ0n) is 8.50. The quantitative estimate of drug-likeness (QED) is 0.761. The van der Waals surface area contributed by atoms with E-state index in [-0.39, 0.29) is 6.54 Å². The second-order valence-corrected chi connectivity index (χ2v) is 3.43. The number of benzene rings is 1. The van der Waals surface area contributed by atoms with Gasteiger partial charge in [0.2, 0.25) is 0 Å². The van der Waals surface area contributed by atoms with Gasteiger partial charge in [-0.1, -0.05) is 23.8 Å². The maximum Gasteiger partial charge on any atom is 0.317 e. The van der Waals surface area contributed by atoms with Crippen LogP contribution in [0.4, 0.5) is 0 Å². The lowest BCUT2D eigenvalue weighted by Crippen LogP contribution is -2.22. The maximum atomic E-state index is 10.3. The van der Waals surface area contributed by atoms with E-state index in [9.17, 15) is 4.79 Å². The van der Waals surface area contributed by atoms with E-state index in [1.165, 1.54) is 11.1 Å². The molecule has 1 aromatic rings. The molecule has 0 aliphatic heterocycles. The van der Waals surface area contributed by atoms with Crippen LogP contribution in [0.3, 0.4) is 0 Å². The molecule has 2 N–H and O–H groups in total. The molecule has 1 aromatic carbocycles. The molecule has 0 aliphatic carbocycles. The van der Waals surface area contributed by atoms with E-state index in [0.29, 0.717) is 6.54 Å². The predicted molar refractivity (Wildman–Crippen MR) is 55.3 cm³/mol. The Bertz CT molecular complexity index is 334. The van der Waals surface area contributed by atoms with Gasteiger partial charge >= 0.3 is 5.97 Å². The SMILES string of the molecule is Cc1ccc(CNCC(=O)O)c(C)c1. The first-order chi connectivity index (χ1) is 6.59. The minimum absolute atomic E-state index is 0.00726. The Hall–Kier alpha value is -1.35. The lowest BCUT2D eigenvalue weighted by atomic mass is 10.1. The molecule has 0 aromatic heterocycles. The van der Waals surface area contributed by atoms with Crippen LogP contribution in [-0.2, 0) is 11.3 Å². The minimum Gasteiger partial charge on any atom is -0.480 e. The van der Waals surface area contributed by atoms with Crippen molar-refractivity contribution in [3.63, 3.8) is 0 Å². The van der Waals surface area contributed by atoms with Gasteiger partial charge in [0.15, 0.2) is 0 Å². The lowest BCUT2D eigenvalue weighted by molar-refractivity contribution is -0.135. The third-order valence-electron chi connectivity index (χ3n) is 2.09. The summed E-state index contributed by atoms with van der Waals surface area (Å²) in [7, 11) is 0. The van der Waals surface area contributed by atoms with E-state index >= 15 is 0 Å². The monoisotopic (exact) mass is 193 g/mol. The highest BCUT2D eigenvalue weighted by molar-refractivity contribution is 5.69. The molecule has 0 heterocycles. The number of carboxylic acids is 1. The van der Waals surface area contributed by atoms with Crippen LogP contribution in [-0.4, -0.2) is 17.6 Å². The molecule has 0 amide bonds. The molecular formula is C11H15NO2. The zero-order chi connectivity index (χ0) is 10.6. The molecule has 3 nitrogen and oxygen atoms in total. The van der Waals surface area contributed by atoms with Crippen LogP contribution in [0.5, 0.6) is 0 Å². The Kier molecular flexibility index (Phi) is 3.65. The predicted octanol–water partition coefficient (Wildman–Crippen LogP) is 1.48. The molecule has 14 heavy (non-hydrogen) atoms. The first-order valence-electron chi connectivity index (χ1n) is 4.58. The summed E-state index contributed by atoms with van der Waals surface area (Å²) in [6.07, 6.45) is 0. The van der Waals surface area contributed by atoms with Crippen LogP contribution in [0.15, 0.2) is 18.2 Å². The van der Waals surface area contributed by atoms with E-state index < -0.39 is 5.97 Å². The number of nitrogens with one attached hydrogen (secondary N) is 1. The summed E-state index contributed by atoms with van der Waals surface area (Å²) in [4.78, 5) is 10.3. The summed E-state index contributed by atoms with van der Waals surface area (Å²) < 4.78 is 0. The molecule has 0 spiro atoms. The number of aryl methyl sites for hydroxylation is 2. The molecule has 0 saturated carbocycles. The van der Waals surface area contributed by atoms with Crippen molar-refractivity contribution >= 4 is 5.97 Å². The zero-order valence-corrected chi connectivity index (χ0v) is 8.50. The Labute approximate surface area is 83.8 Å². The molecule has 0 atom stereocenters. The summed E-state index contributed by atoms with van der Waals surface area (Å²) in [6, 6.07) is 6.15. The summed E-state index contributed by atoms with van der Waals surface area (Å²) in [5.41, 5.74) is 3.57. The van der Waals surface area contributed by atoms with Crippen molar-refractivity contribution in [3.05, 3.63) is 34.9 Å². The molecule has 76 valence electrons. The average Bonchev–Trinajstić information content (AvgIpc) is 2.08. The van der Waals surface area contributed by atoms with Gasteiger partial charge in [0.25, 0.3) is 0 Å². The van der Waals surface area contributed by atoms with Crippen LogP contribution >= 0.6 is 0 Å². The lowest BCUT2D eigenvalue weighted by Gasteiger charge is -2.06. The molecule has 0 bridgehead atoms. The van der Waals surface area contributed by atoms with Crippen LogP contribution in [0.25, 0.3) is 0 Å². The maximum absolute atomic E-state index is 10.3. The Morgan fingerprint density at radius 1 is 1.43 bits per heavy atom. The van der Waals surface area contributed by atoms with Gasteiger partial charge in [0, 0.05) is 6.54 Å². The van der Waals surface area contributed by atoms with Gasteiger partial charge in [0.05, 0.1) is 6.54 Å². The van der Waals surface area contributed by atoms with Crippen LogP contribution in [0.2, 0.25) is 0 Å². The molecule has 0 fully saturated rings. The normalized spacial score (nSPS) is 10.1. The van der Waals surface area contributed by atoms with Crippen LogP contribution in [0, 0.1) is 13.8 Å². The molecule has 1 rings (SSSR count). The molecule has 0 aliphatic rings. The number of carboxylic acid groups (broad SMARTS) is 1.